The number of allylic oxidation sites excluding steroid dienone is 5. The molecular formula is C19H20FeO2+2. The summed E-state index contributed by atoms with van der Waals surface area (Å²) in [4.78, 5) is 10.9. The van der Waals surface area contributed by atoms with Crippen LogP contribution < -0.4 is 0 Å². The van der Waals surface area contributed by atoms with Crippen LogP contribution in [0, 0.1) is 63.7 Å². The van der Waals surface area contributed by atoms with Crippen LogP contribution in [0.5, 0.6) is 0 Å². The quantitative estimate of drug-likeness (QED) is 0.332. The topological polar surface area (TPSA) is 26.3 Å². The van der Waals surface area contributed by atoms with E-state index in [1.807, 2.05) is 76.0 Å². The minimum Gasteiger partial charge on any atom is -0.463 e. The summed E-state index contributed by atoms with van der Waals surface area (Å²) < 4.78 is 4.73. The molecule has 10 radical (unpaired) electrons. The third kappa shape index (κ3) is 11.8. The number of esters is 1. The van der Waals surface area contributed by atoms with Gasteiger partial charge in [-0.05, 0) is 64.7 Å². The van der Waals surface area contributed by atoms with Crippen molar-refractivity contribution in [3.8, 4) is 0 Å². The molecule has 0 aliphatic heterocycles. The van der Waals surface area contributed by atoms with Crippen molar-refractivity contribution in [3.05, 3.63) is 100 Å². The molecule has 2 rings (SSSR count). The molecule has 0 aromatic rings. The van der Waals surface area contributed by atoms with Crippen LogP contribution in [0.15, 0.2) is 36.5 Å². The molecule has 22 heavy (non-hydrogen) atoms. The summed E-state index contributed by atoms with van der Waals surface area (Å²) in [5, 5.41) is 0. The summed E-state index contributed by atoms with van der Waals surface area (Å²) in [6, 6.07) is 0. The Morgan fingerprint density at radius 1 is 0.909 bits per heavy atom. The fourth-order valence-electron chi connectivity index (χ4n) is 1.44. The van der Waals surface area contributed by atoms with Crippen LogP contribution in [-0.2, 0) is 26.6 Å². The van der Waals surface area contributed by atoms with Gasteiger partial charge in [0, 0.05) is 12.0 Å². The Morgan fingerprint density at radius 2 is 1.45 bits per heavy atom. The summed E-state index contributed by atoms with van der Waals surface area (Å²) in [5.41, 5.74) is 0. The molecule has 0 unspecified atom stereocenters. The molecule has 0 aromatic carbocycles. The van der Waals surface area contributed by atoms with Crippen molar-refractivity contribution in [1.82, 2.24) is 0 Å². The van der Waals surface area contributed by atoms with Gasteiger partial charge >= 0.3 is 23.0 Å². The van der Waals surface area contributed by atoms with Crippen molar-refractivity contribution in [2.45, 2.75) is 6.92 Å². The summed E-state index contributed by atoms with van der Waals surface area (Å²) in [5.74, 6) is 0.853. The van der Waals surface area contributed by atoms with Gasteiger partial charge in [-0.3, -0.25) is 0 Å². The van der Waals surface area contributed by atoms with Crippen molar-refractivity contribution in [2.24, 2.45) is 0 Å². The maximum Gasteiger partial charge on any atom is 2.00 e. The standard InChI is InChI=1S/C14H15O2.C5H5.Fe/c1-2-16-14(15)12-6-4-3-5-9-13-10-7-8-11-13;1-2-4-5-3-1;/h3-12H,2H2,1H3;1-5H;/q;;+2/b4-3+,9-5+,12-6+;;. The normalized spacial score (nSPS) is 18.6. The molecule has 0 atom stereocenters. The maximum absolute atomic E-state index is 10.9. The van der Waals surface area contributed by atoms with Gasteiger partial charge in [-0.15, -0.1) is 0 Å². The zero-order valence-corrected chi connectivity index (χ0v) is 13.6. The predicted octanol–water partition coefficient (Wildman–Crippen LogP) is 3.64. The van der Waals surface area contributed by atoms with Gasteiger partial charge < -0.3 is 4.74 Å². The van der Waals surface area contributed by atoms with E-state index >= 15 is 0 Å². The summed E-state index contributed by atoms with van der Waals surface area (Å²) >= 11 is 0. The fraction of sp³-hybridized carbons (Fsp3) is 0.105. The summed E-state index contributed by atoms with van der Waals surface area (Å²) in [7, 11) is 0. The third-order valence-corrected chi connectivity index (χ3v) is 2.38. The van der Waals surface area contributed by atoms with E-state index in [1.165, 1.54) is 12.0 Å². The van der Waals surface area contributed by atoms with Gasteiger partial charge in [0.15, 0.2) is 0 Å². The first-order valence-corrected chi connectivity index (χ1v) is 6.89. The molecule has 0 saturated heterocycles. The molecule has 0 heterocycles. The number of carbonyl (C=O) groups excluding carboxylic acids is 1. The predicted molar refractivity (Wildman–Crippen MR) is 86.0 cm³/mol. The molecule has 2 nitrogen and oxygen atoms in total. The number of hydrogen-bond acceptors (Lipinski definition) is 2. The Balaban J connectivity index is 0.000000622. The van der Waals surface area contributed by atoms with Crippen LogP contribution in [0.4, 0.5) is 0 Å². The molecule has 2 aliphatic carbocycles. The van der Waals surface area contributed by atoms with E-state index in [0.29, 0.717) is 6.61 Å². The van der Waals surface area contributed by atoms with Crippen molar-refractivity contribution in [1.29, 1.82) is 0 Å². The zero-order chi connectivity index (χ0) is 15.2. The van der Waals surface area contributed by atoms with Crippen LogP contribution in [0.2, 0.25) is 0 Å². The van der Waals surface area contributed by atoms with Gasteiger partial charge in [-0.2, -0.15) is 0 Å². The van der Waals surface area contributed by atoms with Crippen LogP contribution in [0.25, 0.3) is 0 Å². The SMILES string of the molecule is CCOC(=O)/C=C/C=C/C=C/[C]1[CH][CH][CH][CH]1.[CH]1[CH][CH][CH][CH]1.[Fe+2]. The molecule has 0 N–H and O–H groups in total. The van der Waals surface area contributed by atoms with Crippen molar-refractivity contribution < 1.29 is 26.6 Å². The van der Waals surface area contributed by atoms with Crippen molar-refractivity contribution in [2.75, 3.05) is 6.61 Å². The van der Waals surface area contributed by atoms with Gasteiger partial charge in [-0.25, -0.2) is 4.79 Å². The van der Waals surface area contributed by atoms with E-state index in [1.54, 1.807) is 19.1 Å². The Kier molecular flexibility index (Phi) is 14.6. The molecule has 0 amide bonds. The molecule has 2 fully saturated rings. The minimum absolute atomic E-state index is 0. The second-order valence-electron chi connectivity index (χ2n) is 4.04. The first-order valence-electron chi connectivity index (χ1n) is 6.89. The molecule has 0 aromatic heterocycles. The smallest absolute Gasteiger partial charge is 0.463 e. The second-order valence-corrected chi connectivity index (χ2v) is 4.04. The van der Waals surface area contributed by atoms with Gasteiger partial charge in [0.1, 0.15) is 0 Å². The average Bonchev–Trinajstić information content (AvgIpc) is 3.18. The minimum atomic E-state index is -0.313. The largest absolute Gasteiger partial charge is 2.00 e. The molecular weight excluding hydrogens is 316 g/mol. The Hall–Kier alpha value is -0.791. The van der Waals surface area contributed by atoms with E-state index in [0.717, 1.165) is 0 Å². The van der Waals surface area contributed by atoms with Crippen molar-refractivity contribution >= 4 is 5.97 Å². The van der Waals surface area contributed by atoms with Gasteiger partial charge in [-0.1, -0.05) is 30.4 Å². The Labute approximate surface area is 146 Å². The Morgan fingerprint density at radius 3 is 2.00 bits per heavy atom. The maximum atomic E-state index is 10.9. The van der Waals surface area contributed by atoms with E-state index < -0.39 is 0 Å². The first-order chi connectivity index (χ1) is 10.3. The van der Waals surface area contributed by atoms with Crippen LogP contribution in [0.1, 0.15) is 6.92 Å². The van der Waals surface area contributed by atoms with E-state index in [2.05, 4.69) is 0 Å². The van der Waals surface area contributed by atoms with Crippen LogP contribution >= 0.6 is 0 Å². The van der Waals surface area contributed by atoms with E-state index in [-0.39, 0.29) is 23.0 Å². The average molecular weight is 336 g/mol. The number of rotatable bonds is 5. The number of hydrogen-bond donors (Lipinski definition) is 0. The summed E-state index contributed by atoms with van der Waals surface area (Å²) in [6.45, 7) is 2.19. The molecule has 3 heteroatoms. The summed E-state index contributed by atoms with van der Waals surface area (Å²) in [6.07, 6.45) is 28.7. The van der Waals surface area contributed by atoms with Crippen molar-refractivity contribution in [3.63, 3.8) is 0 Å². The molecule has 2 saturated carbocycles. The molecule has 0 bridgehead atoms. The van der Waals surface area contributed by atoms with Crippen LogP contribution in [-0.4, -0.2) is 12.6 Å². The van der Waals surface area contributed by atoms with Gasteiger partial charge in [0.05, 0.1) is 6.61 Å². The van der Waals surface area contributed by atoms with E-state index in [9.17, 15) is 4.79 Å². The first kappa shape index (κ1) is 21.2. The molecule has 114 valence electrons. The van der Waals surface area contributed by atoms with Gasteiger partial charge in [0.2, 0.25) is 0 Å². The monoisotopic (exact) mass is 336 g/mol. The second kappa shape index (κ2) is 15.1. The molecule has 0 spiro atoms. The number of ether oxygens (including phenoxy) is 1. The van der Waals surface area contributed by atoms with Gasteiger partial charge in [0.25, 0.3) is 0 Å². The number of carbonyl (C=O) groups is 1. The fourth-order valence-corrected chi connectivity index (χ4v) is 1.44. The Bertz CT molecular complexity index is 341. The van der Waals surface area contributed by atoms with E-state index in [4.69, 9.17) is 4.74 Å². The molecule has 2 aliphatic rings. The third-order valence-electron chi connectivity index (χ3n) is 2.38. The zero-order valence-electron chi connectivity index (χ0n) is 12.5. The van der Waals surface area contributed by atoms with Crippen LogP contribution in [0.3, 0.4) is 0 Å².